The fourth-order valence-corrected chi connectivity index (χ4v) is 3.22. The highest BCUT2D eigenvalue weighted by Crippen LogP contribution is 2.32. The van der Waals surface area contributed by atoms with Gasteiger partial charge >= 0.3 is 0 Å². The van der Waals surface area contributed by atoms with E-state index in [1.165, 1.54) is 10.9 Å². The molecular weight excluding hydrogens is 245 g/mol. The second-order valence-corrected chi connectivity index (χ2v) is 5.30. The summed E-state index contributed by atoms with van der Waals surface area (Å²) in [7, 11) is 0. The molecule has 0 fully saturated rings. The number of nitrogens with one attached hydrogen (secondary N) is 1. The first-order valence-corrected chi connectivity index (χ1v) is 6.92. The molecule has 1 nitrogen and oxygen atoms in total. The number of fused-ring (bicyclic) bond motifs is 1. The Hall–Kier alpha value is -1.37. The minimum Gasteiger partial charge on any atom is -0.309 e. The molecule has 2 rings (SSSR count). The summed E-state index contributed by atoms with van der Waals surface area (Å²) in [5.41, 5.74) is 0. The molecule has 94 valence electrons. The number of terminal acetylenes is 1. The van der Waals surface area contributed by atoms with E-state index in [2.05, 4.69) is 24.2 Å². The van der Waals surface area contributed by atoms with E-state index in [-0.39, 0.29) is 11.9 Å². The first kappa shape index (κ1) is 13.1. The summed E-state index contributed by atoms with van der Waals surface area (Å²) in [4.78, 5) is 1.23. The van der Waals surface area contributed by atoms with E-state index >= 15 is 0 Å². The second-order valence-electron chi connectivity index (χ2n) is 4.18. The lowest BCUT2D eigenvalue weighted by atomic mass is 10.1. The molecule has 18 heavy (non-hydrogen) atoms. The maximum absolute atomic E-state index is 13.2. The second kappa shape index (κ2) is 5.99. The predicted octanol–water partition coefficient (Wildman–Crippen LogP) is 4.10. The molecule has 2 aromatic rings. The first-order chi connectivity index (χ1) is 8.74. The lowest BCUT2D eigenvalue weighted by molar-refractivity contribution is 0.530. The van der Waals surface area contributed by atoms with Gasteiger partial charge in [-0.05, 0) is 36.6 Å². The number of hydrogen-bond acceptors (Lipinski definition) is 2. The minimum atomic E-state index is -0.181. The largest absolute Gasteiger partial charge is 0.309 e. The summed E-state index contributed by atoms with van der Waals surface area (Å²) < 4.78 is 14.2. The van der Waals surface area contributed by atoms with Gasteiger partial charge in [0, 0.05) is 22.0 Å². The Morgan fingerprint density at radius 1 is 1.44 bits per heavy atom. The van der Waals surface area contributed by atoms with Gasteiger partial charge in [0.05, 0.1) is 0 Å². The summed E-state index contributed by atoms with van der Waals surface area (Å²) in [6, 6.07) is 7.32. The molecule has 0 saturated heterocycles. The molecule has 3 heteroatoms. The quantitative estimate of drug-likeness (QED) is 0.799. The highest BCUT2D eigenvalue weighted by atomic mass is 32.1. The fourth-order valence-electron chi connectivity index (χ4n) is 2.02. The summed E-state index contributed by atoms with van der Waals surface area (Å²) in [5, 5.41) is 4.53. The third kappa shape index (κ3) is 2.90. The summed E-state index contributed by atoms with van der Waals surface area (Å²) in [6.07, 6.45) is 6.99. The Morgan fingerprint density at radius 3 is 3.00 bits per heavy atom. The molecule has 0 saturated carbocycles. The fraction of sp³-hybridized carbons (Fsp3) is 0.333. The molecule has 1 N–H and O–H groups in total. The van der Waals surface area contributed by atoms with Gasteiger partial charge in [0.1, 0.15) is 5.82 Å². The van der Waals surface area contributed by atoms with Crippen molar-refractivity contribution >= 4 is 21.4 Å². The van der Waals surface area contributed by atoms with Crippen LogP contribution in [-0.2, 0) is 0 Å². The first-order valence-electron chi connectivity index (χ1n) is 6.10. The summed E-state index contributed by atoms with van der Waals surface area (Å²) in [6.45, 7) is 2.98. The highest BCUT2D eigenvalue weighted by Gasteiger charge is 2.13. The van der Waals surface area contributed by atoms with Crippen LogP contribution < -0.4 is 5.32 Å². The molecule has 0 amide bonds. The molecule has 0 bridgehead atoms. The van der Waals surface area contributed by atoms with Gasteiger partial charge in [0.15, 0.2) is 0 Å². The molecule has 0 spiro atoms. The van der Waals surface area contributed by atoms with E-state index in [9.17, 15) is 4.39 Å². The number of rotatable bonds is 5. The molecule has 0 radical (unpaired) electrons. The molecule has 0 aliphatic rings. The van der Waals surface area contributed by atoms with Gasteiger partial charge in [-0.15, -0.1) is 23.7 Å². The topological polar surface area (TPSA) is 12.0 Å². The van der Waals surface area contributed by atoms with Gasteiger partial charge in [0.2, 0.25) is 0 Å². The predicted molar refractivity (Wildman–Crippen MR) is 76.3 cm³/mol. The van der Waals surface area contributed by atoms with Crippen LogP contribution >= 0.6 is 11.3 Å². The van der Waals surface area contributed by atoms with Crippen LogP contribution in [0, 0.1) is 18.2 Å². The molecule has 0 aliphatic carbocycles. The zero-order valence-electron chi connectivity index (χ0n) is 10.4. The molecular formula is C15H16FNS. The highest BCUT2D eigenvalue weighted by molar-refractivity contribution is 7.19. The van der Waals surface area contributed by atoms with Crippen molar-refractivity contribution in [3.05, 3.63) is 35.0 Å². The standard InChI is InChI=1S/C15H16FNS/c1-3-5-6-13(17-4-2)15-9-11-7-8-12(16)10-14(11)18-15/h1,7-10,13,17H,4-6H2,2H3. The maximum atomic E-state index is 13.2. The van der Waals surface area contributed by atoms with Crippen LogP contribution in [-0.4, -0.2) is 6.54 Å². The van der Waals surface area contributed by atoms with Gasteiger partial charge < -0.3 is 5.32 Å². The molecule has 1 aromatic carbocycles. The number of thiophene rings is 1. The normalized spacial score (nSPS) is 12.5. The SMILES string of the molecule is C#CCCC(NCC)c1cc2ccc(F)cc2s1. The summed E-state index contributed by atoms with van der Waals surface area (Å²) in [5.74, 6) is 2.49. The van der Waals surface area contributed by atoms with Crippen molar-refractivity contribution in [2.45, 2.75) is 25.8 Å². The molecule has 0 aliphatic heterocycles. The van der Waals surface area contributed by atoms with Crippen LogP contribution in [0.4, 0.5) is 4.39 Å². The molecule has 1 aromatic heterocycles. The monoisotopic (exact) mass is 261 g/mol. The Morgan fingerprint density at radius 2 is 2.28 bits per heavy atom. The van der Waals surface area contributed by atoms with Crippen molar-refractivity contribution in [3.63, 3.8) is 0 Å². The third-order valence-electron chi connectivity index (χ3n) is 2.87. The number of benzene rings is 1. The van der Waals surface area contributed by atoms with Gasteiger partial charge in [-0.25, -0.2) is 4.39 Å². The average molecular weight is 261 g/mol. The van der Waals surface area contributed by atoms with Crippen molar-refractivity contribution in [2.24, 2.45) is 0 Å². The van der Waals surface area contributed by atoms with Crippen LogP contribution in [0.25, 0.3) is 10.1 Å². The zero-order chi connectivity index (χ0) is 13.0. The number of halogens is 1. The third-order valence-corrected chi connectivity index (χ3v) is 4.08. The van der Waals surface area contributed by atoms with Crippen molar-refractivity contribution in [2.75, 3.05) is 6.54 Å². The van der Waals surface area contributed by atoms with E-state index < -0.39 is 0 Å². The van der Waals surface area contributed by atoms with E-state index in [0.717, 1.165) is 29.5 Å². The molecule has 1 unspecified atom stereocenters. The van der Waals surface area contributed by atoms with Gasteiger partial charge in [-0.2, -0.15) is 0 Å². The average Bonchev–Trinajstić information content (AvgIpc) is 2.77. The van der Waals surface area contributed by atoms with Crippen molar-refractivity contribution in [1.82, 2.24) is 5.32 Å². The van der Waals surface area contributed by atoms with Crippen molar-refractivity contribution < 1.29 is 4.39 Å². The lowest BCUT2D eigenvalue weighted by Gasteiger charge is -2.14. The van der Waals surface area contributed by atoms with Crippen molar-refractivity contribution in [3.8, 4) is 12.3 Å². The smallest absolute Gasteiger partial charge is 0.124 e. The minimum absolute atomic E-state index is 0.181. The lowest BCUT2D eigenvalue weighted by Crippen LogP contribution is -2.19. The van der Waals surface area contributed by atoms with Gasteiger partial charge in [-0.3, -0.25) is 0 Å². The Kier molecular flexibility index (Phi) is 4.35. The maximum Gasteiger partial charge on any atom is 0.124 e. The van der Waals surface area contributed by atoms with Crippen LogP contribution in [0.2, 0.25) is 0 Å². The number of hydrogen-bond donors (Lipinski definition) is 1. The van der Waals surface area contributed by atoms with E-state index in [1.807, 2.05) is 6.07 Å². The Labute approximate surface area is 111 Å². The van der Waals surface area contributed by atoms with Crippen LogP contribution in [0.5, 0.6) is 0 Å². The van der Waals surface area contributed by atoms with Gasteiger partial charge in [0.25, 0.3) is 0 Å². The van der Waals surface area contributed by atoms with Crippen LogP contribution in [0.15, 0.2) is 24.3 Å². The molecule has 1 atom stereocenters. The van der Waals surface area contributed by atoms with Crippen molar-refractivity contribution in [1.29, 1.82) is 0 Å². The van der Waals surface area contributed by atoms with E-state index in [0.29, 0.717) is 0 Å². The Balaban J connectivity index is 2.29. The van der Waals surface area contributed by atoms with Crippen LogP contribution in [0.1, 0.15) is 30.7 Å². The van der Waals surface area contributed by atoms with E-state index in [1.54, 1.807) is 17.4 Å². The van der Waals surface area contributed by atoms with Crippen LogP contribution in [0.3, 0.4) is 0 Å². The van der Waals surface area contributed by atoms with E-state index in [4.69, 9.17) is 6.42 Å². The molecule has 1 heterocycles. The zero-order valence-corrected chi connectivity index (χ0v) is 11.2. The Bertz CT molecular complexity index is 567. The summed E-state index contributed by atoms with van der Waals surface area (Å²) >= 11 is 1.64. The van der Waals surface area contributed by atoms with Gasteiger partial charge in [-0.1, -0.05) is 13.0 Å².